The summed E-state index contributed by atoms with van der Waals surface area (Å²) in [6, 6.07) is 0. The Morgan fingerprint density at radius 2 is 2.06 bits per heavy atom. The fraction of sp³-hybridized carbons (Fsp3) is 0.667. The van der Waals surface area contributed by atoms with Gasteiger partial charge in [-0.15, -0.1) is 0 Å². The van der Waals surface area contributed by atoms with Gasteiger partial charge in [0.25, 0.3) is 0 Å². The average molecular weight is 238 g/mol. The minimum Gasteiger partial charge on any atom is -0.469 e. The first kappa shape index (κ1) is 12.0. The maximum atomic E-state index is 11.6. The minimum absolute atomic E-state index is 0.0479. The van der Waals surface area contributed by atoms with Crippen molar-refractivity contribution in [3.63, 3.8) is 0 Å². The van der Waals surface area contributed by atoms with Gasteiger partial charge in [-0.05, 0) is 24.7 Å². The normalized spacial score (nSPS) is 25.6. The van der Waals surface area contributed by atoms with E-state index in [1.165, 1.54) is 7.11 Å². The predicted molar refractivity (Wildman–Crippen MR) is 62.6 cm³/mol. The Labute approximate surface area is 99.6 Å². The number of carbonyl (C=O) groups is 1. The van der Waals surface area contributed by atoms with E-state index in [1.54, 1.807) is 0 Å². The number of hydrogen-bond acceptors (Lipinski definition) is 3. The molecule has 0 radical (unpaired) electrons. The number of hydrogen-bond donors (Lipinski definition) is 2. The summed E-state index contributed by atoms with van der Waals surface area (Å²) in [6.07, 6.45) is 0.706. The molecule has 2 atom stereocenters. The van der Waals surface area contributed by atoms with E-state index in [9.17, 15) is 9.59 Å². The molecule has 94 valence electrons. The number of aromatic amines is 2. The number of imidazole rings is 1. The first-order valence-electron chi connectivity index (χ1n) is 5.73. The van der Waals surface area contributed by atoms with Gasteiger partial charge in [0.2, 0.25) is 0 Å². The third-order valence-corrected chi connectivity index (χ3v) is 3.95. The Hall–Kier alpha value is -1.52. The fourth-order valence-electron chi connectivity index (χ4n) is 2.65. The highest BCUT2D eigenvalue weighted by molar-refractivity contribution is 5.77. The standard InChI is InChI=1S/C12H18N2O3/c1-6-8(14-11(16)13-6)5-7-9(10(15)17-4)12(7,2)3/h7,9H,5H2,1-4H3,(H2,13,14,16)/t7-,9-/m1/s1. The molecular weight excluding hydrogens is 220 g/mol. The molecule has 1 aromatic rings. The van der Waals surface area contributed by atoms with Crippen molar-refractivity contribution in [1.29, 1.82) is 0 Å². The van der Waals surface area contributed by atoms with Gasteiger partial charge >= 0.3 is 11.7 Å². The van der Waals surface area contributed by atoms with E-state index in [1.807, 2.05) is 6.92 Å². The van der Waals surface area contributed by atoms with Crippen LogP contribution in [-0.4, -0.2) is 23.0 Å². The lowest BCUT2D eigenvalue weighted by atomic mass is 10.1. The number of aryl methyl sites for hydroxylation is 1. The molecule has 0 spiro atoms. The number of carbonyl (C=O) groups excluding carboxylic acids is 1. The van der Waals surface area contributed by atoms with Gasteiger partial charge in [0.15, 0.2) is 0 Å². The molecule has 0 aromatic carbocycles. The summed E-state index contributed by atoms with van der Waals surface area (Å²) in [6.45, 7) is 5.97. The van der Waals surface area contributed by atoms with E-state index in [2.05, 4.69) is 23.8 Å². The van der Waals surface area contributed by atoms with Crippen LogP contribution in [0.4, 0.5) is 0 Å². The van der Waals surface area contributed by atoms with Crippen LogP contribution in [-0.2, 0) is 16.0 Å². The molecule has 0 bridgehead atoms. The first-order valence-corrected chi connectivity index (χ1v) is 5.73. The third kappa shape index (κ3) is 1.90. The first-order chi connectivity index (χ1) is 7.87. The van der Waals surface area contributed by atoms with Gasteiger partial charge in [-0.2, -0.15) is 0 Å². The van der Waals surface area contributed by atoms with Crippen molar-refractivity contribution < 1.29 is 9.53 Å². The Bertz CT molecular complexity index is 498. The maximum absolute atomic E-state index is 11.6. The summed E-state index contributed by atoms with van der Waals surface area (Å²) in [5.41, 5.74) is 1.50. The lowest BCUT2D eigenvalue weighted by molar-refractivity contribution is -0.143. The number of methoxy groups -OCH3 is 1. The molecule has 0 amide bonds. The summed E-state index contributed by atoms with van der Waals surface area (Å²) in [7, 11) is 1.41. The molecule has 1 aliphatic rings. The van der Waals surface area contributed by atoms with Crippen molar-refractivity contribution in [2.24, 2.45) is 17.3 Å². The van der Waals surface area contributed by atoms with Crippen molar-refractivity contribution in [3.05, 3.63) is 21.9 Å². The second-order valence-electron chi connectivity index (χ2n) is 5.32. The summed E-state index contributed by atoms with van der Waals surface area (Å²) < 4.78 is 4.79. The number of aromatic nitrogens is 2. The Morgan fingerprint density at radius 1 is 1.41 bits per heavy atom. The molecule has 17 heavy (non-hydrogen) atoms. The SMILES string of the molecule is COC(=O)[C@H]1[C@@H](Cc2[nH]c(=O)[nH]c2C)C1(C)C. The van der Waals surface area contributed by atoms with Crippen LogP contribution in [0.1, 0.15) is 25.2 Å². The average Bonchev–Trinajstić information content (AvgIpc) is 2.60. The molecule has 5 nitrogen and oxygen atoms in total. The lowest BCUT2D eigenvalue weighted by Crippen LogP contribution is -2.07. The summed E-state index contributed by atoms with van der Waals surface area (Å²) in [5, 5.41) is 0. The molecular formula is C12H18N2O3. The van der Waals surface area contributed by atoms with Gasteiger partial charge in [0, 0.05) is 11.4 Å². The molecule has 1 heterocycles. The summed E-state index contributed by atoms with van der Waals surface area (Å²) >= 11 is 0. The summed E-state index contributed by atoms with van der Waals surface area (Å²) in [5.74, 6) is 0.0148. The molecule has 1 aliphatic carbocycles. The third-order valence-electron chi connectivity index (χ3n) is 3.95. The van der Waals surface area contributed by atoms with Crippen molar-refractivity contribution >= 4 is 5.97 Å². The van der Waals surface area contributed by atoms with E-state index in [0.29, 0.717) is 6.42 Å². The highest BCUT2D eigenvalue weighted by Gasteiger charge is 2.62. The molecule has 0 aliphatic heterocycles. The number of nitrogens with one attached hydrogen (secondary N) is 2. The molecule has 0 saturated heterocycles. The van der Waals surface area contributed by atoms with E-state index in [0.717, 1.165) is 11.4 Å². The van der Waals surface area contributed by atoms with Crippen LogP contribution in [0.3, 0.4) is 0 Å². The Kier molecular flexibility index (Phi) is 2.64. The predicted octanol–water partition coefficient (Wildman–Crippen LogP) is 0.999. The molecule has 5 heteroatoms. The zero-order valence-electron chi connectivity index (χ0n) is 10.6. The second-order valence-corrected chi connectivity index (χ2v) is 5.32. The van der Waals surface area contributed by atoms with E-state index >= 15 is 0 Å². The van der Waals surface area contributed by atoms with Crippen LogP contribution >= 0.6 is 0 Å². The molecule has 1 saturated carbocycles. The Morgan fingerprint density at radius 3 is 2.53 bits per heavy atom. The molecule has 1 fully saturated rings. The highest BCUT2D eigenvalue weighted by atomic mass is 16.5. The summed E-state index contributed by atoms with van der Waals surface area (Å²) in [4.78, 5) is 28.2. The van der Waals surface area contributed by atoms with Crippen LogP contribution in [0, 0.1) is 24.2 Å². The number of rotatable bonds is 3. The molecule has 0 unspecified atom stereocenters. The van der Waals surface area contributed by atoms with E-state index < -0.39 is 0 Å². The van der Waals surface area contributed by atoms with Gasteiger partial charge in [0.05, 0.1) is 13.0 Å². The Balaban J connectivity index is 2.14. The van der Waals surface area contributed by atoms with Gasteiger partial charge in [-0.1, -0.05) is 13.8 Å². The maximum Gasteiger partial charge on any atom is 0.323 e. The van der Waals surface area contributed by atoms with E-state index in [4.69, 9.17) is 4.74 Å². The highest BCUT2D eigenvalue weighted by Crippen LogP contribution is 2.59. The monoisotopic (exact) mass is 238 g/mol. The number of esters is 1. The van der Waals surface area contributed by atoms with Gasteiger partial charge in [-0.25, -0.2) is 4.79 Å². The number of ether oxygens (including phenoxy) is 1. The van der Waals surface area contributed by atoms with Crippen molar-refractivity contribution in [3.8, 4) is 0 Å². The number of H-pyrrole nitrogens is 2. The topological polar surface area (TPSA) is 75.0 Å². The zero-order chi connectivity index (χ0) is 12.8. The van der Waals surface area contributed by atoms with Crippen molar-refractivity contribution in [2.45, 2.75) is 27.2 Å². The van der Waals surface area contributed by atoms with Crippen LogP contribution < -0.4 is 5.69 Å². The fourth-order valence-corrected chi connectivity index (χ4v) is 2.65. The van der Waals surface area contributed by atoms with Gasteiger partial charge in [0.1, 0.15) is 0 Å². The minimum atomic E-state index is -0.189. The second kappa shape index (κ2) is 3.75. The lowest BCUT2D eigenvalue weighted by Gasteiger charge is -2.01. The quantitative estimate of drug-likeness (QED) is 0.771. The largest absolute Gasteiger partial charge is 0.469 e. The van der Waals surface area contributed by atoms with Crippen LogP contribution in [0.15, 0.2) is 4.79 Å². The van der Waals surface area contributed by atoms with Crippen LogP contribution in [0.25, 0.3) is 0 Å². The van der Waals surface area contributed by atoms with Crippen LogP contribution in [0.2, 0.25) is 0 Å². The smallest absolute Gasteiger partial charge is 0.323 e. The van der Waals surface area contributed by atoms with Gasteiger partial charge < -0.3 is 14.7 Å². The molecule has 1 aromatic heterocycles. The molecule has 2 rings (SSSR count). The van der Waals surface area contributed by atoms with Crippen LogP contribution in [0.5, 0.6) is 0 Å². The van der Waals surface area contributed by atoms with Crippen molar-refractivity contribution in [1.82, 2.24) is 9.97 Å². The van der Waals surface area contributed by atoms with Gasteiger partial charge in [-0.3, -0.25) is 4.79 Å². The van der Waals surface area contributed by atoms with E-state index in [-0.39, 0.29) is 28.9 Å². The van der Waals surface area contributed by atoms with Crippen molar-refractivity contribution in [2.75, 3.05) is 7.11 Å². The molecule has 2 N–H and O–H groups in total. The zero-order valence-corrected chi connectivity index (χ0v) is 10.6.